The number of hydrogen-bond donors (Lipinski definition) is 0. The van der Waals surface area contributed by atoms with E-state index < -0.39 is 5.41 Å². The van der Waals surface area contributed by atoms with E-state index in [1.807, 2.05) is 48.8 Å². The van der Waals surface area contributed by atoms with Crippen LogP contribution in [0.4, 0.5) is 0 Å². The lowest BCUT2D eigenvalue weighted by Gasteiger charge is -2.45. The third kappa shape index (κ3) is 2.41. The lowest BCUT2D eigenvalue weighted by atomic mass is 9.32. The Balaban J connectivity index is 1.67. The van der Waals surface area contributed by atoms with Crippen molar-refractivity contribution in [2.75, 3.05) is 0 Å². The normalized spacial score (nSPS) is 14.5. The van der Waals surface area contributed by atoms with Gasteiger partial charge in [0.1, 0.15) is 16.9 Å². The van der Waals surface area contributed by atoms with Crippen molar-refractivity contribution < 1.29 is 4.74 Å². The maximum absolute atomic E-state index is 6.39. The van der Waals surface area contributed by atoms with Gasteiger partial charge in [0.05, 0.1) is 11.4 Å². The summed E-state index contributed by atoms with van der Waals surface area (Å²) in [6, 6.07) is 35.8. The average molecular weight is 422 g/mol. The fraction of sp³-hybridized carbons (Fsp3) is 0.0345. The molecule has 5 aromatic rings. The molecule has 0 fully saturated rings. The van der Waals surface area contributed by atoms with Crippen LogP contribution >= 0.6 is 0 Å². The Morgan fingerprint density at radius 3 is 1.64 bits per heavy atom. The van der Waals surface area contributed by atoms with Crippen LogP contribution in [0.5, 0.6) is 11.5 Å². The molecule has 2 aliphatic heterocycles. The molecule has 4 heteroatoms. The van der Waals surface area contributed by atoms with Gasteiger partial charge in [-0.1, -0.05) is 84.3 Å². The summed E-state index contributed by atoms with van der Waals surface area (Å²) >= 11 is 0. The van der Waals surface area contributed by atoms with Crippen LogP contribution in [0.3, 0.4) is 0 Å². The zero-order chi connectivity index (χ0) is 21.8. The summed E-state index contributed by atoms with van der Waals surface area (Å²) in [6.45, 7) is 0.0615. The molecule has 0 N–H and O–H groups in total. The molecule has 4 heterocycles. The van der Waals surface area contributed by atoms with Crippen molar-refractivity contribution in [1.82, 2.24) is 9.97 Å². The van der Waals surface area contributed by atoms with Crippen LogP contribution in [0.15, 0.2) is 116 Å². The van der Waals surface area contributed by atoms with Crippen molar-refractivity contribution in [2.24, 2.45) is 0 Å². The zero-order valence-corrected chi connectivity index (χ0v) is 17.8. The highest BCUT2D eigenvalue weighted by Gasteiger charge is 2.54. The molecule has 0 bridgehead atoms. The van der Waals surface area contributed by atoms with E-state index in [1.54, 1.807) is 0 Å². The summed E-state index contributed by atoms with van der Waals surface area (Å²) in [5.74, 6) is 1.70. The van der Waals surface area contributed by atoms with Crippen molar-refractivity contribution in [3.05, 3.63) is 138 Å². The van der Waals surface area contributed by atoms with Crippen molar-refractivity contribution in [1.29, 1.82) is 0 Å². The first-order chi connectivity index (χ1) is 16.4. The van der Waals surface area contributed by atoms with E-state index in [0.717, 1.165) is 34.0 Å². The SMILES string of the molecule is c1ccc(B2c3cccnc3C3(c4ccccc4Oc4ccccc43)c3ncccc32)cc1. The second-order valence-electron chi connectivity index (χ2n) is 8.57. The van der Waals surface area contributed by atoms with E-state index in [0.29, 0.717) is 0 Å². The molecule has 7 rings (SSSR count). The minimum atomic E-state index is -0.649. The third-order valence-electron chi connectivity index (χ3n) is 6.95. The van der Waals surface area contributed by atoms with Crippen LogP contribution in [-0.4, -0.2) is 16.7 Å². The molecular formula is C29H19BN2O. The van der Waals surface area contributed by atoms with E-state index >= 15 is 0 Å². The van der Waals surface area contributed by atoms with Gasteiger partial charge < -0.3 is 4.74 Å². The molecule has 0 aliphatic carbocycles. The Hall–Kier alpha value is -4.18. The number of aromatic nitrogens is 2. The smallest absolute Gasteiger partial charge is 0.246 e. The Morgan fingerprint density at radius 2 is 1.06 bits per heavy atom. The first-order valence-corrected chi connectivity index (χ1v) is 11.2. The highest BCUT2D eigenvalue weighted by atomic mass is 16.5. The van der Waals surface area contributed by atoms with E-state index in [1.165, 1.54) is 16.4 Å². The fourth-order valence-corrected chi connectivity index (χ4v) is 5.72. The quantitative estimate of drug-likeness (QED) is 0.378. The van der Waals surface area contributed by atoms with E-state index in [2.05, 4.69) is 66.7 Å². The van der Waals surface area contributed by atoms with Gasteiger partial charge in [0.2, 0.25) is 6.71 Å². The summed E-state index contributed by atoms with van der Waals surface area (Å²) < 4.78 is 6.39. The Labute approximate surface area is 192 Å². The molecule has 2 aromatic heterocycles. The van der Waals surface area contributed by atoms with Gasteiger partial charge in [-0.05, 0) is 35.2 Å². The largest absolute Gasteiger partial charge is 0.457 e. The highest BCUT2D eigenvalue weighted by molar-refractivity contribution is 6.96. The van der Waals surface area contributed by atoms with Crippen LogP contribution in [0.2, 0.25) is 0 Å². The number of hydrogen-bond acceptors (Lipinski definition) is 3. The number of para-hydroxylation sites is 2. The molecular weight excluding hydrogens is 403 g/mol. The number of benzene rings is 3. The van der Waals surface area contributed by atoms with E-state index in [4.69, 9.17) is 14.7 Å². The summed E-state index contributed by atoms with van der Waals surface area (Å²) in [5.41, 5.74) is 7.20. The van der Waals surface area contributed by atoms with Gasteiger partial charge in [0, 0.05) is 23.5 Å². The predicted octanol–water partition coefficient (Wildman–Crippen LogP) is 3.79. The molecule has 0 radical (unpaired) electrons. The van der Waals surface area contributed by atoms with Gasteiger partial charge >= 0.3 is 0 Å². The maximum Gasteiger partial charge on any atom is 0.246 e. The molecule has 33 heavy (non-hydrogen) atoms. The number of pyridine rings is 2. The first kappa shape index (κ1) is 18.4. The minimum absolute atomic E-state index is 0.0615. The summed E-state index contributed by atoms with van der Waals surface area (Å²) in [5, 5.41) is 0. The lowest BCUT2D eigenvalue weighted by molar-refractivity contribution is 0.430. The van der Waals surface area contributed by atoms with Gasteiger partial charge in [-0.25, -0.2) is 0 Å². The van der Waals surface area contributed by atoms with Gasteiger partial charge in [0.15, 0.2) is 0 Å². The number of rotatable bonds is 1. The van der Waals surface area contributed by atoms with E-state index in [9.17, 15) is 0 Å². The molecule has 0 amide bonds. The molecule has 3 nitrogen and oxygen atoms in total. The molecule has 2 aliphatic rings. The Kier molecular flexibility index (Phi) is 3.85. The summed E-state index contributed by atoms with van der Waals surface area (Å²) in [4.78, 5) is 10.1. The standard InChI is InChI=1S/C29H19BN2O/c1-2-10-20(11-3-1)30-23-14-8-18-31-27(23)29(28-24(30)15-9-19-32-28)21-12-4-6-16-25(21)33-26-17-7-5-13-22(26)29/h1-19H. The Bertz CT molecular complexity index is 1420. The maximum atomic E-state index is 6.39. The molecule has 0 saturated carbocycles. The second-order valence-corrected chi connectivity index (χ2v) is 8.57. The molecule has 154 valence electrons. The van der Waals surface area contributed by atoms with Gasteiger partial charge in [-0.2, -0.15) is 0 Å². The summed E-state index contributed by atoms with van der Waals surface area (Å²) in [7, 11) is 0. The van der Waals surface area contributed by atoms with E-state index in [-0.39, 0.29) is 6.71 Å². The van der Waals surface area contributed by atoms with Crippen LogP contribution < -0.4 is 21.1 Å². The number of nitrogens with zero attached hydrogens (tertiary/aromatic N) is 2. The van der Waals surface area contributed by atoms with Gasteiger partial charge in [0.25, 0.3) is 0 Å². The first-order valence-electron chi connectivity index (χ1n) is 11.2. The molecule has 0 unspecified atom stereocenters. The second kappa shape index (κ2) is 6.91. The van der Waals surface area contributed by atoms with Crippen molar-refractivity contribution >= 4 is 23.1 Å². The van der Waals surface area contributed by atoms with Crippen LogP contribution in [-0.2, 0) is 5.41 Å². The minimum Gasteiger partial charge on any atom is -0.457 e. The van der Waals surface area contributed by atoms with Crippen LogP contribution in [0.1, 0.15) is 22.5 Å². The van der Waals surface area contributed by atoms with Crippen LogP contribution in [0.25, 0.3) is 0 Å². The fourth-order valence-electron chi connectivity index (χ4n) is 5.72. The summed E-state index contributed by atoms with van der Waals surface area (Å²) in [6.07, 6.45) is 3.80. The zero-order valence-electron chi connectivity index (χ0n) is 17.8. The monoisotopic (exact) mass is 422 g/mol. The molecule has 1 spiro atoms. The predicted molar refractivity (Wildman–Crippen MR) is 132 cm³/mol. The number of fused-ring (bicyclic) bond motifs is 8. The van der Waals surface area contributed by atoms with Crippen molar-refractivity contribution in [3.8, 4) is 11.5 Å². The number of ether oxygens (including phenoxy) is 1. The third-order valence-corrected chi connectivity index (χ3v) is 6.95. The van der Waals surface area contributed by atoms with Gasteiger partial charge in [-0.15, -0.1) is 0 Å². The highest BCUT2D eigenvalue weighted by Crippen LogP contribution is 2.54. The van der Waals surface area contributed by atoms with Crippen molar-refractivity contribution in [3.63, 3.8) is 0 Å². The topological polar surface area (TPSA) is 35.0 Å². The molecule has 0 atom stereocenters. The molecule has 3 aromatic carbocycles. The average Bonchev–Trinajstić information content (AvgIpc) is 2.89. The van der Waals surface area contributed by atoms with Gasteiger partial charge in [-0.3, -0.25) is 9.97 Å². The Morgan fingerprint density at radius 1 is 0.545 bits per heavy atom. The lowest BCUT2D eigenvalue weighted by Crippen LogP contribution is -2.63. The van der Waals surface area contributed by atoms with Crippen LogP contribution in [0, 0.1) is 0 Å². The molecule has 0 saturated heterocycles. The van der Waals surface area contributed by atoms with Crippen molar-refractivity contribution in [2.45, 2.75) is 5.41 Å².